The molecule has 2 heterocycles. The molecule has 2 rings (SSSR count). The average molecular weight is 182 g/mol. The molecule has 1 aliphatic rings. The molecule has 62 valence electrons. The van der Waals surface area contributed by atoms with E-state index in [1.807, 2.05) is 0 Å². The number of hydrogen-bond donors (Lipinski definition) is 0. The molecule has 0 radical (unpaired) electrons. The topological polar surface area (TPSA) is 70.9 Å². The van der Waals surface area contributed by atoms with Crippen molar-refractivity contribution in [2.45, 2.75) is 12.5 Å². The second kappa shape index (κ2) is 3.00. The lowest BCUT2D eigenvalue weighted by molar-refractivity contribution is 0.275. The molecule has 1 unspecified atom stereocenters. The average Bonchev–Trinajstić information content (AvgIpc) is 2.53. The van der Waals surface area contributed by atoms with E-state index >= 15 is 0 Å². The lowest BCUT2D eigenvalue weighted by Gasteiger charge is -2.16. The molecule has 6 heteroatoms. The van der Waals surface area contributed by atoms with Crippen LogP contribution in [-0.4, -0.2) is 11.6 Å². The van der Waals surface area contributed by atoms with Gasteiger partial charge in [0.15, 0.2) is 5.06 Å². The SMILES string of the molecule is [N-]=[N+]=NC1CCOc2scnc21. The Balaban J connectivity index is 2.37. The van der Waals surface area contributed by atoms with Crippen LogP contribution in [0, 0.1) is 0 Å². The van der Waals surface area contributed by atoms with Gasteiger partial charge < -0.3 is 4.74 Å². The van der Waals surface area contributed by atoms with Gasteiger partial charge in [-0.3, -0.25) is 0 Å². The molecule has 0 aromatic carbocycles. The minimum Gasteiger partial charge on any atom is -0.482 e. The number of ether oxygens (including phenoxy) is 1. The van der Waals surface area contributed by atoms with Gasteiger partial charge in [0.2, 0.25) is 0 Å². The molecular weight excluding hydrogens is 176 g/mol. The summed E-state index contributed by atoms with van der Waals surface area (Å²) in [4.78, 5) is 6.86. The fourth-order valence-corrected chi connectivity index (χ4v) is 1.87. The van der Waals surface area contributed by atoms with Gasteiger partial charge in [0.25, 0.3) is 0 Å². The molecule has 1 atom stereocenters. The van der Waals surface area contributed by atoms with Crippen LogP contribution in [0.3, 0.4) is 0 Å². The van der Waals surface area contributed by atoms with Crippen LogP contribution in [0.1, 0.15) is 18.2 Å². The van der Waals surface area contributed by atoms with E-state index in [-0.39, 0.29) is 6.04 Å². The maximum Gasteiger partial charge on any atom is 0.197 e. The van der Waals surface area contributed by atoms with E-state index in [1.54, 1.807) is 5.51 Å². The Hall–Kier alpha value is -1.26. The number of azide groups is 1. The molecule has 0 amide bonds. The zero-order valence-electron chi connectivity index (χ0n) is 6.17. The van der Waals surface area contributed by atoms with Gasteiger partial charge in [-0.25, -0.2) is 4.98 Å². The number of aromatic nitrogens is 1. The largest absolute Gasteiger partial charge is 0.482 e. The first-order chi connectivity index (χ1) is 5.92. The molecule has 0 saturated carbocycles. The van der Waals surface area contributed by atoms with Crippen LogP contribution < -0.4 is 4.74 Å². The molecule has 0 bridgehead atoms. The highest BCUT2D eigenvalue weighted by Crippen LogP contribution is 2.36. The predicted octanol–water partition coefficient (Wildman–Crippen LogP) is 2.28. The molecule has 12 heavy (non-hydrogen) atoms. The molecule has 1 aliphatic heterocycles. The molecule has 5 nitrogen and oxygen atoms in total. The zero-order valence-corrected chi connectivity index (χ0v) is 6.99. The van der Waals surface area contributed by atoms with Crippen molar-refractivity contribution in [3.63, 3.8) is 0 Å². The highest BCUT2D eigenvalue weighted by molar-refractivity contribution is 7.11. The van der Waals surface area contributed by atoms with Crippen molar-refractivity contribution in [2.75, 3.05) is 6.61 Å². The molecule has 0 aliphatic carbocycles. The summed E-state index contributed by atoms with van der Waals surface area (Å²) in [5, 5.41) is 4.43. The van der Waals surface area contributed by atoms with Gasteiger partial charge in [0.05, 0.1) is 18.2 Å². The van der Waals surface area contributed by atoms with E-state index in [1.165, 1.54) is 11.3 Å². The lowest BCUT2D eigenvalue weighted by atomic mass is 10.1. The van der Waals surface area contributed by atoms with Crippen LogP contribution in [0.25, 0.3) is 10.4 Å². The van der Waals surface area contributed by atoms with E-state index < -0.39 is 0 Å². The Morgan fingerprint density at radius 3 is 3.58 bits per heavy atom. The number of hydrogen-bond acceptors (Lipinski definition) is 4. The van der Waals surface area contributed by atoms with Gasteiger partial charge in [-0.1, -0.05) is 16.5 Å². The Bertz CT molecular complexity index is 330. The summed E-state index contributed by atoms with van der Waals surface area (Å²) >= 11 is 1.44. The fraction of sp³-hybridized carbons (Fsp3) is 0.500. The van der Waals surface area contributed by atoms with Gasteiger partial charge in [0, 0.05) is 4.91 Å². The number of thiazole rings is 1. The number of rotatable bonds is 1. The van der Waals surface area contributed by atoms with Gasteiger partial charge in [-0.15, -0.1) is 0 Å². The van der Waals surface area contributed by atoms with Crippen molar-refractivity contribution in [1.29, 1.82) is 0 Å². The summed E-state index contributed by atoms with van der Waals surface area (Å²) in [7, 11) is 0. The van der Waals surface area contributed by atoms with Crippen LogP contribution in [0.2, 0.25) is 0 Å². The van der Waals surface area contributed by atoms with Crippen LogP contribution >= 0.6 is 11.3 Å². The van der Waals surface area contributed by atoms with Crippen molar-refractivity contribution >= 4 is 11.3 Å². The third-order valence-corrected chi connectivity index (χ3v) is 2.44. The van der Waals surface area contributed by atoms with Gasteiger partial charge in [-0.05, 0) is 12.0 Å². The quantitative estimate of drug-likeness (QED) is 0.379. The highest BCUT2D eigenvalue weighted by Gasteiger charge is 2.22. The Morgan fingerprint density at radius 2 is 2.75 bits per heavy atom. The van der Waals surface area contributed by atoms with Gasteiger partial charge >= 0.3 is 0 Å². The van der Waals surface area contributed by atoms with Crippen molar-refractivity contribution in [1.82, 2.24) is 4.98 Å². The second-order valence-electron chi connectivity index (χ2n) is 2.38. The Kier molecular flexibility index (Phi) is 1.85. The van der Waals surface area contributed by atoms with Crippen molar-refractivity contribution in [2.24, 2.45) is 5.11 Å². The van der Waals surface area contributed by atoms with Crippen LogP contribution in [-0.2, 0) is 0 Å². The summed E-state index contributed by atoms with van der Waals surface area (Å²) in [5.74, 6) is 0. The summed E-state index contributed by atoms with van der Waals surface area (Å²) in [6.45, 7) is 0.610. The number of nitrogens with zero attached hydrogens (tertiary/aromatic N) is 4. The van der Waals surface area contributed by atoms with Gasteiger partial charge in [-0.2, -0.15) is 0 Å². The van der Waals surface area contributed by atoms with Gasteiger partial charge in [0.1, 0.15) is 5.69 Å². The minimum absolute atomic E-state index is 0.134. The standard InChI is InChI=1S/C6H6N4OS/c7-10-9-4-1-2-11-6-5(4)8-3-12-6/h3-4H,1-2H2. The second-order valence-corrected chi connectivity index (χ2v) is 3.20. The molecule has 0 fully saturated rings. The van der Waals surface area contributed by atoms with E-state index in [9.17, 15) is 0 Å². The summed E-state index contributed by atoms with van der Waals surface area (Å²) in [5.41, 5.74) is 10.8. The molecule has 1 aromatic heterocycles. The van der Waals surface area contributed by atoms with E-state index in [4.69, 9.17) is 10.3 Å². The first kappa shape index (κ1) is 7.39. The zero-order chi connectivity index (χ0) is 8.39. The predicted molar refractivity (Wildman–Crippen MR) is 44.1 cm³/mol. The maximum atomic E-state index is 8.27. The van der Waals surface area contributed by atoms with Crippen molar-refractivity contribution in [3.8, 4) is 5.06 Å². The van der Waals surface area contributed by atoms with Crippen LogP contribution in [0.4, 0.5) is 0 Å². The maximum absolute atomic E-state index is 8.27. The third-order valence-electron chi connectivity index (χ3n) is 1.69. The van der Waals surface area contributed by atoms with Crippen molar-refractivity contribution in [3.05, 3.63) is 21.6 Å². The molecule has 0 spiro atoms. The summed E-state index contributed by atoms with van der Waals surface area (Å²) in [6, 6.07) is -0.134. The van der Waals surface area contributed by atoms with Crippen LogP contribution in [0.15, 0.2) is 10.6 Å². The van der Waals surface area contributed by atoms with E-state index in [0.717, 1.165) is 17.2 Å². The summed E-state index contributed by atoms with van der Waals surface area (Å²) < 4.78 is 5.31. The fourth-order valence-electron chi connectivity index (χ4n) is 1.15. The molecule has 1 aromatic rings. The minimum atomic E-state index is -0.134. The monoisotopic (exact) mass is 182 g/mol. The summed E-state index contributed by atoms with van der Waals surface area (Å²) in [6.07, 6.45) is 0.723. The first-order valence-electron chi connectivity index (χ1n) is 3.52. The smallest absolute Gasteiger partial charge is 0.197 e. The third kappa shape index (κ3) is 1.11. The van der Waals surface area contributed by atoms with Crippen molar-refractivity contribution < 1.29 is 4.74 Å². The van der Waals surface area contributed by atoms with E-state index in [2.05, 4.69) is 15.0 Å². The molecule has 0 saturated heterocycles. The highest BCUT2D eigenvalue weighted by atomic mass is 32.1. The Morgan fingerprint density at radius 1 is 1.83 bits per heavy atom. The Labute approximate surface area is 72.6 Å². The van der Waals surface area contributed by atoms with E-state index in [0.29, 0.717) is 6.61 Å². The normalized spacial score (nSPS) is 20.5. The molecular formula is C6H6N4OS. The molecule has 0 N–H and O–H groups in total. The number of fused-ring (bicyclic) bond motifs is 1. The first-order valence-corrected chi connectivity index (χ1v) is 4.40. The van der Waals surface area contributed by atoms with Crippen LogP contribution in [0.5, 0.6) is 5.06 Å². The lowest BCUT2D eigenvalue weighted by Crippen LogP contribution is -2.11.